The van der Waals surface area contributed by atoms with Crippen LogP contribution in [-0.4, -0.2) is 39.6 Å². The van der Waals surface area contributed by atoms with E-state index in [1.165, 1.54) is 5.57 Å². The Kier molecular flexibility index (Phi) is 5.31. The molecule has 1 atom stereocenters. The Hall–Kier alpha value is -3.55. The van der Waals surface area contributed by atoms with E-state index in [1.54, 1.807) is 48.0 Å². The van der Waals surface area contributed by atoms with Crippen molar-refractivity contribution in [3.8, 4) is 0 Å². The molecule has 0 radical (unpaired) electrons. The highest BCUT2D eigenvalue weighted by Gasteiger charge is 2.29. The van der Waals surface area contributed by atoms with Crippen LogP contribution in [0.1, 0.15) is 18.9 Å². The molecule has 0 fully saturated rings. The normalized spacial score (nSPS) is 17.6. The number of nitrogens with one attached hydrogen (secondary N) is 3. The van der Waals surface area contributed by atoms with E-state index >= 15 is 0 Å². The molecule has 8 nitrogen and oxygen atoms in total. The van der Waals surface area contributed by atoms with Gasteiger partial charge in [-0.2, -0.15) is 0 Å². The maximum Gasteiger partial charge on any atom is 0.321 e. The molecule has 156 valence electrons. The van der Waals surface area contributed by atoms with Crippen molar-refractivity contribution in [2.24, 2.45) is 7.05 Å². The summed E-state index contributed by atoms with van der Waals surface area (Å²) in [5, 5.41) is 9.68. The Morgan fingerprint density at radius 2 is 2.17 bits per heavy atom. The van der Waals surface area contributed by atoms with E-state index in [9.17, 15) is 9.59 Å². The van der Waals surface area contributed by atoms with Crippen LogP contribution in [0, 0.1) is 0 Å². The fourth-order valence-electron chi connectivity index (χ4n) is 3.86. The number of rotatable bonds is 4. The number of anilines is 3. The summed E-state index contributed by atoms with van der Waals surface area (Å²) in [4.78, 5) is 30.0. The number of fused-ring (bicyclic) bond motifs is 1. The van der Waals surface area contributed by atoms with Crippen molar-refractivity contribution in [2.75, 3.05) is 23.7 Å². The van der Waals surface area contributed by atoms with Crippen LogP contribution >= 0.6 is 0 Å². The van der Waals surface area contributed by atoms with Crippen LogP contribution in [0.2, 0.25) is 0 Å². The van der Waals surface area contributed by atoms with Gasteiger partial charge in [0, 0.05) is 62.0 Å². The summed E-state index contributed by atoms with van der Waals surface area (Å²) in [5.41, 5.74) is 4.85. The van der Waals surface area contributed by atoms with Crippen molar-refractivity contribution in [3.63, 3.8) is 0 Å². The first-order chi connectivity index (χ1) is 14.4. The molecule has 2 aromatic rings. The lowest BCUT2D eigenvalue weighted by Crippen LogP contribution is -2.42. The van der Waals surface area contributed by atoms with E-state index in [0.717, 1.165) is 35.6 Å². The summed E-state index contributed by atoms with van der Waals surface area (Å²) in [5.74, 6) is 0.873. The lowest BCUT2D eigenvalue weighted by Gasteiger charge is -2.29. The van der Waals surface area contributed by atoms with Crippen molar-refractivity contribution in [3.05, 3.63) is 70.4 Å². The topological polar surface area (TPSA) is 91.3 Å². The van der Waals surface area contributed by atoms with Crippen molar-refractivity contribution >= 4 is 23.2 Å². The Morgan fingerprint density at radius 1 is 1.33 bits per heavy atom. The van der Waals surface area contributed by atoms with E-state index in [-0.39, 0.29) is 17.6 Å². The fourth-order valence-corrected chi connectivity index (χ4v) is 3.86. The third kappa shape index (κ3) is 4.07. The molecule has 8 heteroatoms. The number of hydrogen-bond donors (Lipinski definition) is 3. The maximum atomic E-state index is 12.1. The van der Waals surface area contributed by atoms with Gasteiger partial charge in [-0.25, -0.2) is 9.78 Å². The second-order valence-corrected chi connectivity index (χ2v) is 7.76. The zero-order valence-electron chi connectivity index (χ0n) is 17.2. The highest BCUT2D eigenvalue weighted by molar-refractivity contribution is 5.76. The van der Waals surface area contributed by atoms with Crippen LogP contribution in [0.5, 0.6) is 0 Å². The first-order valence-electron chi connectivity index (χ1n) is 9.99. The van der Waals surface area contributed by atoms with Gasteiger partial charge < -0.3 is 25.4 Å². The molecule has 0 saturated carbocycles. The Morgan fingerprint density at radius 3 is 2.87 bits per heavy atom. The Bertz CT molecular complexity index is 1090. The van der Waals surface area contributed by atoms with Crippen molar-refractivity contribution in [2.45, 2.75) is 25.8 Å². The smallest absolute Gasteiger partial charge is 0.321 e. The van der Waals surface area contributed by atoms with Gasteiger partial charge in [-0.1, -0.05) is 12.7 Å². The lowest BCUT2D eigenvalue weighted by molar-refractivity contribution is 0.204. The Labute approximate surface area is 175 Å². The molecule has 1 unspecified atom stereocenters. The molecular weight excluding hydrogens is 380 g/mol. The standard InChI is InChI=1S/C22H26N6O2/c1-14(2)24-22(30)28-10-7-15(8-11-28)19-12-17-18(6-9-23-21(17)26-19)25-16-4-5-20(29)27(3)13-16/h4-7,9,13,19H,1,8,10-12H2,2-3H3,(H,24,30)(H2,23,25,26). The number of carbonyl (C=O) groups is 1. The quantitative estimate of drug-likeness (QED) is 0.679. The molecular formula is C22H26N6O2. The fraction of sp³-hybridized carbons (Fsp3) is 0.318. The summed E-state index contributed by atoms with van der Waals surface area (Å²) in [6, 6.07) is 5.34. The van der Waals surface area contributed by atoms with Crippen LogP contribution in [0.25, 0.3) is 0 Å². The third-order valence-electron chi connectivity index (χ3n) is 5.44. The van der Waals surface area contributed by atoms with Gasteiger partial charge in [-0.3, -0.25) is 4.79 Å². The van der Waals surface area contributed by atoms with Gasteiger partial charge in [-0.15, -0.1) is 0 Å². The average molecular weight is 406 g/mol. The second kappa shape index (κ2) is 8.06. The molecule has 0 aliphatic carbocycles. The zero-order valence-corrected chi connectivity index (χ0v) is 17.2. The summed E-state index contributed by atoms with van der Waals surface area (Å²) in [6.45, 7) is 6.76. The monoisotopic (exact) mass is 406 g/mol. The van der Waals surface area contributed by atoms with Crippen molar-refractivity contribution in [1.82, 2.24) is 19.8 Å². The van der Waals surface area contributed by atoms with E-state index < -0.39 is 0 Å². The predicted molar refractivity (Wildman–Crippen MR) is 118 cm³/mol. The molecule has 0 aromatic carbocycles. The molecule has 2 aliphatic rings. The number of urea groups is 1. The molecule has 30 heavy (non-hydrogen) atoms. The maximum absolute atomic E-state index is 12.1. The van der Waals surface area contributed by atoms with Crippen LogP contribution in [-0.2, 0) is 13.5 Å². The van der Waals surface area contributed by atoms with E-state index in [4.69, 9.17) is 0 Å². The molecule has 0 saturated heterocycles. The summed E-state index contributed by atoms with van der Waals surface area (Å²) >= 11 is 0. The van der Waals surface area contributed by atoms with Gasteiger partial charge >= 0.3 is 6.03 Å². The molecule has 4 heterocycles. The molecule has 2 amide bonds. The van der Waals surface area contributed by atoms with E-state index in [0.29, 0.717) is 18.8 Å². The first kappa shape index (κ1) is 19.8. The van der Waals surface area contributed by atoms with Crippen LogP contribution in [0.15, 0.2) is 59.3 Å². The van der Waals surface area contributed by atoms with Gasteiger partial charge in [0.1, 0.15) is 5.82 Å². The average Bonchev–Trinajstić information content (AvgIpc) is 3.16. The summed E-state index contributed by atoms with van der Waals surface area (Å²) in [7, 11) is 1.73. The SMILES string of the molecule is C=C(C)NC(=O)N1CC=C(C2Cc3c(Nc4ccc(=O)n(C)c4)ccnc3N2)CC1. The number of pyridine rings is 2. The minimum Gasteiger partial charge on any atom is -0.363 e. The molecule has 2 aromatic heterocycles. The van der Waals surface area contributed by atoms with Crippen LogP contribution in [0.4, 0.5) is 22.0 Å². The molecule has 4 rings (SSSR count). The lowest BCUT2D eigenvalue weighted by atomic mass is 9.97. The van der Waals surface area contributed by atoms with E-state index in [2.05, 4.69) is 33.6 Å². The highest BCUT2D eigenvalue weighted by Crippen LogP contribution is 2.35. The van der Waals surface area contributed by atoms with Crippen molar-refractivity contribution < 1.29 is 4.79 Å². The number of hydrogen-bond acceptors (Lipinski definition) is 5. The van der Waals surface area contributed by atoms with Gasteiger partial charge in [-0.05, 0) is 31.1 Å². The van der Waals surface area contributed by atoms with Crippen LogP contribution in [0.3, 0.4) is 0 Å². The summed E-state index contributed by atoms with van der Waals surface area (Å²) in [6.07, 6.45) is 7.33. The number of amides is 2. The second-order valence-electron chi connectivity index (χ2n) is 7.76. The van der Waals surface area contributed by atoms with Gasteiger partial charge in [0.2, 0.25) is 5.56 Å². The van der Waals surface area contributed by atoms with Gasteiger partial charge in [0.05, 0.1) is 11.7 Å². The number of aryl methyl sites for hydroxylation is 1. The molecule has 0 bridgehead atoms. The third-order valence-corrected chi connectivity index (χ3v) is 5.44. The predicted octanol–water partition coefficient (Wildman–Crippen LogP) is 2.74. The molecule has 0 spiro atoms. The number of carbonyl (C=O) groups excluding carboxylic acids is 1. The minimum atomic E-state index is -0.106. The van der Waals surface area contributed by atoms with Gasteiger partial charge in [0.15, 0.2) is 0 Å². The zero-order chi connectivity index (χ0) is 21.3. The Balaban J connectivity index is 1.46. The highest BCUT2D eigenvalue weighted by atomic mass is 16.2. The van der Waals surface area contributed by atoms with Crippen molar-refractivity contribution in [1.29, 1.82) is 0 Å². The van der Waals surface area contributed by atoms with Crippen LogP contribution < -0.4 is 21.5 Å². The molecule has 3 N–H and O–H groups in total. The molecule has 2 aliphatic heterocycles. The largest absolute Gasteiger partial charge is 0.363 e. The number of aromatic nitrogens is 2. The minimum absolute atomic E-state index is 0.0440. The summed E-state index contributed by atoms with van der Waals surface area (Å²) < 4.78 is 1.55. The van der Waals surface area contributed by atoms with E-state index in [1.807, 2.05) is 6.07 Å². The number of allylic oxidation sites excluding steroid dienone is 1. The first-order valence-corrected chi connectivity index (χ1v) is 9.99. The number of nitrogens with zero attached hydrogens (tertiary/aromatic N) is 3. The van der Waals surface area contributed by atoms with Gasteiger partial charge in [0.25, 0.3) is 0 Å².